The van der Waals surface area contributed by atoms with E-state index < -0.39 is 5.54 Å². The Bertz CT molecular complexity index is 195. The van der Waals surface area contributed by atoms with Gasteiger partial charge in [0.05, 0.1) is 18.8 Å². The molecule has 2 N–H and O–H groups in total. The van der Waals surface area contributed by atoms with E-state index in [1.54, 1.807) is 0 Å². The summed E-state index contributed by atoms with van der Waals surface area (Å²) in [4.78, 5) is 13.4. The van der Waals surface area contributed by atoms with E-state index in [1.807, 2.05) is 4.90 Å². The molecule has 0 aromatic rings. The Balaban J connectivity index is 1.94. The average molecular weight is 170 g/mol. The van der Waals surface area contributed by atoms with Gasteiger partial charge in [-0.05, 0) is 12.8 Å². The maximum absolute atomic E-state index is 11.6. The molecule has 4 nitrogen and oxygen atoms in total. The normalized spacial score (nSPS) is 26.9. The van der Waals surface area contributed by atoms with Crippen LogP contribution in [0, 0.1) is 0 Å². The number of carbonyl (C=O) groups is 1. The van der Waals surface area contributed by atoms with Crippen molar-refractivity contribution in [2.75, 3.05) is 26.3 Å². The monoisotopic (exact) mass is 170 g/mol. The number of amides is 1. The van der Waals surface area contributed by atoms with Crippen molar-refractivity contribution in [1.29, 1.82) is 0 Å². The smallest absolute Gasteiger partial charge is 0.242 e. The number of morpholine rings is 1. The van der Waals surface area contributed by atoms with Crippen LogP contribution in [0.3, 0.4) is 0 Å². The molecule has 0 aromatic heterocycles. The van der Waals surface area contributed by atoms with Crippen LogP contribution in [0.1, 0.15) is 12.8 Å². The molecule has 1 saturated carbocycles. The van der Waals surface area contributed by atoms with Crippen molar-refractivity contribution in [2.45, 2.75) is 18.4 Å². The first-order chi connectivity index (χ1) is 5.72. The second-order valence-corrected chi connectivity index (χ2v) is 3.56. The second-order valence-electron chi connectivity index (χ2n) is 3.56. The zero-order chi connectivity index (χ0) is 8.60. The van der Waals surface area contributed by atoms with E-state index in [9.17, 15) is 4.79 Å². The number of nitrogens with two attached hydrogens (primary N) is 1. The van der Waals surface area contributed by atoms with Crippen LogP contribution in [0.5, 0.6) is 0 Å². The molecular formula is C8H14N2O2. The molecule has 1 saturated heterocycles. The van der Waals surface area contributed by atoms with Gasteiger partial charge in [0.15, 0.2) is 0 Å². The quantitative estimate of drug-likeness (QED) is 0.568. The van der Waals surface area contributed by atoms with E-state index in [0.29, 0.717) is 26.3 Å². The van der Waals surface area contributed by atoms with Crippen LogP contribution >= 0.6 is 0 Å². The molecule has 0 aromatic carbocycles. The van der Waals surface area contributed by atoms with Gasteiger partial charge in [-0.15, -0.1) is 0 Å². The van der Waals surface area contributed by atoms with Crippen molar-refractivity contribution in [1.82, 2.24) is 4.90 Å². The van der Waals surface area contributed by atoms with E-state index in [0.717, 1.165) is 12.8 Å². The SMILES string of the molecule is NC1(C(=O)N2CCOCC2)CC1. The Kier molecular flexibility index (Phi) is 1.81. The summed E-state index contributed by atoms with van der Waals surface area (Å²) in [6.45, 7) is 2.72. The van der Waals surface area contributed by atoms with Gasteiger partial charge in [-0.2, -0.15) is 0 Å². The highest BCUT2D eigenvalue weighted by atomic mass is 16.5. The molecule has 12 heavy (non-hydrogen) atoms. The lowest BCUT2D eigenvalue weighted by molar-refractivity contribution is -0.137. The summed E-state index contributed by atoms with van der Waals surface area (Å²) in [7, 11) is 0. The number of hydrogen-bond donors (Lipinski definition) is 1. The van der Waals surface area contributed by atoms with E-state index in [1.165, 1.54) is 0 Å². The molecular weight excluding hydrogens is 156 g/mol. The Morgan fingerprint density at radius 2 is 1.92 bits per heavy atom. The maximum atomic E-state index is 11.6. The van der Waals surface area contributed by atoms with Crippen LogP contribution in [0.15, 0.2) is 0 Å². The summed E-state index contributed by atoms with van der Waals surface area (Å²) in [5.41, 5.74) is 5.29. The van der Waals surface area contributed by atoms with Gasteiger partial charge in [0.2, 0.25) is 5.91 Å². The van der Waals surface area contributed by atoms with Crippen LogP contribution in [0.4, 0.5) is 0 Å². The van der Waals surface area contributed by atoms with E-state index in [2.05, 4.69) is 0 Å². The fourth-order valence-electron chi connectivity index (χ4n) is 1.43. The molecule has 0 bridgehead atoms. The highest BCUT2D eigenvalue weighted by Gasteiger charge is 2.48. The van der Waals surface area contributed by atoms with Gasteiger partial charge in [-0.25, -0.2) is 0 Å². The predicted octanol–water partition coefficient (Wildman–Crippen LogP) is -0.664. The van der Waals surface area contributed by atoms with Gasteiger partial charge in [0, 0.05) is 13.1 Å². The van der Waals surface area contributed by atoms with Crippen molar-refractivity contribution in [3.05, 3.63) is 0 Å². The van der Waals surface area contributed by atoms with Gasteiger partial charge in [-0.1, -0.05) is 0 Å². The Labute approximate surface area is 71.7 Å². The lowest BCUT2D eigenvalue weighted by atomic mass is 10.2. The zero-order valence-electron chi connectivity index (χ0n) is 7.08. The molecule has 2 aliphatic rings. The van der Waals surface area contributed by atoms with Crippen LogP contribution in [0.2, 0.25) is 0 Å². The van der Waals surface area contributed by atoms with E-state index in [4.69, 9.17) is 10.5 Å². The van der Waals surface area contributed by atoms with Crippen molar-refractivity contribution >= 4 is 5.91 Å². The molecule has 0 radical (unpaired) electrons. The van der Waals surface area contributed by atoms with Crippen LogP contribution in [-0.2, 0) is 9.53 Å². The van der Waals surface area contributed by atoms with Gasteiger partial charge in [0.1, 0.15) is 0 Å². The third kappa shape index (κ3) is 1.32. The standard InChI is InChI=1S/C8H14N2O2/c9-8(1-2-8)7(11)10-3-5-12-6-4-10/h1-6,9H2. The molecule has 1 amide bonds. The van der Waals surface area contributed by atoms with E-state index >= 15 is 0 Å². The molecule has 68 valence electrons. The fourth-order valence-corrected chi connectivity index (χ4v) is 1.43. The molecule has 4 heteroatoms. The molecule has 2 fully saturated rings. The lowest BCUT2D eigenvalue weighted by Crippen LogP contribution is -2.50. The number of ether oxygens (including phenoxy) is 1. The Hall–Kier alpha value is -0.610. The first-order valence-corrected chi connectivity index (χ1v) is 4.38. The summed E-state index contributed by atoms with van der Waals surface area (Å²) in [5.74, 6) is 0.116. The molecule has 0 atom stereocenters. The topological polar surface area (TPSA) is 55.6 Å². The number of nitrogens with zero attached hydrogens (tertiary/aromatic N) is 1. The van der Waals surface area contributed by atoms with Gasteiger partial charge >= 0.3 is 0 Å². The Morgan fingerprint density at radius 1 is 1.33 bits per heavy atom. The number of rotatable bonds is 1. The lowest BCUT2D eigenvalue weighted by Gasteiger charge is -2.29. The minimum Gasteiger partial charge on any atom is -0.378 e. The summed E-state index contributed by atoms with van der Waals surface area (Å²) in [5, 5.41) is 0. The summed E-state index contributed by atoms with van der Waals surface area (Å²) < 4.78 is 5.15. The van der Waals surface area contributed by atoms with Crippen molar-refractivity contribution < 1.29 is 9.53 Å². The molecule has 1 aliphatic carbocycles. The summed E-state index contributed by atoms with van der Waals surface area (Å²) in [6.07, 6.45) is 1.70. The fraction of sp³-hybridized carbons (Fsp3) is 0.875. The van der Waals surface area contributed by atoms with Crippen molar-refractivity contribution in [2.24, 2.45) is 5.73 Å². The first kappa shape index (κ1) is 8.01. The van der Waals surface area contributed by atoms with Crippen LogP contribution in [0.25, 0.3) is 0 Å². The Morgan fingerprint density at radius 3 is 2.42 bits per heavy atom. The second kappa shape index (κ2) is 2.71. The largest absolute Gasteiger partial charge is 0.378 e. The molecule has 0 unspecified atom stereocenters. The van der Waals surface area contributed by atoms with Gasteiger partial charge in [-0.3, -0.25) is 4.79 Å². The third-order valence-corrected chi connectivity index (χ3v) is 2.51. The van der Waals surface area contributed by atoms with E-state index in [-0.39, 0.29) is 5.91 Å². The number of hydrogen-bond acceptors (Lipinski definition) is 3. The highest BCUT2D eigenvalue weighted by Crippen LogP contribution is 2.34. The predicted molar refractivity (Wildman–Crippen MR) is 43.6 cm³/mol. The summed E-state index contributed by atoms with van der Waals surface area (Å²) >= 11 is 0. The summed E-state index contributed by atoms with van der Waals surface area (Å²) in [6, 6.07) is 0. The molecule has 1 aliphatic heterocycles. The molecule has 1 heterocycles. The molecule has 0 spiro atoms. The maximum Gasteiger partial charge on any atom is 0.242 e. The van der Waals surface area contributed by atoms with Crippen molar-refractivity contribution in [3.63, 3.8) is 0 Å². The minimum atomic E-state index is -0.503. The first-order valence-electron chi connectivity index (χ1n) is 4.38. The minimum absolute atomic E-state index is 0.116. The number of carbonyl (C=O) groups excluding carboxylic acids is 1. The third-order valence-electron chi connectivity index (χ3n) is 2.51. The molecule has 2 rings (SSSR count). The zero-order valence-corrected chi connectivity index (χ0v) is 7.08. The van der Waals surface area contributed by atoms with Crippen LogP contribution < -0.4 is 5.73 Å². The average Bonchev–Trinajstić information content (AvgIpc) is 2.85. The van der Waals surface area contributed by atoms with Crippen LogP contribution in [-0.4, -0.2) is 42.6 Å². The van der Waals surface area contributed by atoms with Crippen molar-refractivity contribution in [3.8, 4) is 0 Å². The van der Waals surface area contributed by atoms with Gasteiger partial charge in [0.25, 0.3) is 0 Å². The highest BCUT2D eigenvalue weighted by molar-refractivity contribution is 5.89. The van der Waals surface area contributed by atoms with Gasteiger partial charge < -0.3 is 15.4 Å².